The van der Waals surface area contributed by atoms with Gasteiger partial charge >= 0.3 is 0 Å². The van der Waals surface area contributed by atoms with Gasteiger partial charge in [0.05, 0.1) is 5.56 Å². The summed E-state index contributed by atoms with van der Waals surface area (Å²) < 4.78 is 0. The van der Waals surface area contributed by atoms with Crippen molar-refractivity contribution in [2.24, 2.45) is 0 Å². The first-order valence-electron chi connectivity index (χ1n) is 7.63. The molecule has 0 aliphatic carbocycles. The first kappa shape index (κ1) is 15.0. The molecule has 1 aromatic heterocycles. The van der Waals surface area contributed by atoms with Gasteiger partial charge in [0.1, 0.15) is 17.9 Å². The summed E-state index contributed by atoms with van der Waals surface area (Å²) in [6.45, 7) is 3.42. The summed E-state index contributed by atoms with van der Waals surface area (Å²) in [7, 11) is 0. The number of carbonyl (C=O) groups is 1. The summed E-state index contributed by atoms with van der Waals surface area (Å²) in [5.41, 5.74) is 2.86. The average molecular weight is 306 g/mol. The standard InChI is InChI=1S/C18H18N4O/c1-13-2-4-14(5-3-13)12-22-9-8-16(18(22)23)21-17-7-6-15(10-19)11-20-17/h2-7,11,16H,8-9,12H2,1H3,(H,20,21). The Bertz CT molecular complexity index is 731. The van der Waals surface area contributed by atoms with Crippen LogP contribution in [-0.2, 0) is 11.3 Å². The molecule has 1 fully saturated rings. The third-order valence-corrected chi connectivity index (χ3v) is 4.01. The molecule has 5 heteroatoms. The van der Waals surface area contributed by atoms with Crippen LogP contribution in [-0.4, -0.2) is 28.4 Å². The second-order valence-electron chi connectivity index (χ2n) is 5.77. The molecule has 23 heavy (non-hydrogen) atoms. The van der Waals surface area contributed by atoms with Crippen molar-refractivity contribution in [3.8, 4) is 6.07 Å². The molecule has 0 spiro atoms. The molecule has 1 aromatic carbocycles. The molecule has 2 aromatic rings. The Balaban J connectivity index is 1.61. The van der Waals surface area contributed by atoms with Crippen LogP contribution >= 0.6 is 0 Å². The van der Waals surface area contributed by atoms with Crippen LogP contribution in [0.1, 0.15) is 23.1 Å². The normalized spacial score (nSPS) is 17.1. The molecule has 2 heterocycles. The predicted octanol–water partition coefficient (Wildman–Crippen LogP) is 2.47. The number of likely N-dealkylation sites (tertiary alicyclic amines) is 1. The lowest BCUT2D eigenvalue weighted by molar-refractivity contribution is -0.128. The number of benzene rings is 1. The van der Waals surface area contributed by atoms with Crippen LogP contribution in [0.15, 0.2) is 42.6 Å². The van der Waals surface area contributed by atoms with Crippen molar-refractivity contribution in [3.05, 3.63) is 59.3 Å². The summed E-state index contributed by atoms with van der Waals surface area (Å²) in [6.07, 6.45) is 2.26. The van der Waals surface area contributed by atoms with Crippen LogP contribution in [0.5, 0.6) is 0 Å². The maximum atomic E-state index is 12.5. The van der Waals surface area contributed by atoms with Crippen molar-refractivity contribution in [1.82, 2.24) is 9.88 Å². The number of carbonyl (C=O) groups excluding carboxylic acids is 1. The highest BCUT2D eigenvalue weighted by atomic mass is 16.2. The lowest BCUT2D eigenvalue weighted by atomic mass is 10.1. The van der Waals surface area contributed by atoms with E-state index in [1.54, 1.807) is 12.1 Å². The minimum absolute atomic E-state index is 0.0942. The van der Waals surface area contributed by atoms with Gasteiger partial charge in [-0.1, -0.05) is 29.8 Å². The topological polar surface area (TPSA) is 69.0 Å². The molecule has 1 amide bonds. The van der Waals surface area contributed by atoms with Gasteiger partial charge in [0.25, 0.3) is 0 Å². The van der Waals surface area contributed by atoms with E-state index in [9.17, 15) is 4.79 Å². The fraction of sp³-hybridized carbons (Fsp3) is 0.278. The van der Waals surface area contributed by atoms with Crippen molar-refractivity contribution >= 4 is 11.7 Å². The van der Waals surface area contributed by atoms with E-state index in [-0.39, 0.29) is 11.9 Å². The molecule has 0 bridgehead atoms. The lowest BCUT2D eigenvalue weighted by Crippen LogP contribution is -2.33. The van der Waals surface area contributed by atoms with Crippen molar-refractivity contribution < 1.29 is 4.79 Å². The number of amides is 1. The highest BCUT2D eigenvalue weighted by Gasteiger charge is 2.31. The molecule has 1 saturated heterocycles. The number of aryl methyl sites for hydroxylation is 1. The fourth-order valence-electron chi connectivity index (χ4n) is 2.67. The molecule has 1 N–H and O–H groups in total. The van der Waals surface area contributed by atoms with E-state index in [2.05, 4.69) is 41.5 Å². The lowest BCUT2D eigenvalue weighted by Gasteiger charge is -2.17. The Morgan fingerprint density at radius 1 is 1.30 bits per heavy atom. The summed E-state index contributed by atoms with van der Waals surface area (Å²) in [5.74, 6) is 0.719. The first-order valence-corrected chi connectivity index (χ1v) is 7.63. The largest absolute Gasteiger partial charge is 0.358 e. The second kappa shape index (κ2) is 6.49. The minimum atomic E-state index is -0.249. The fourth-order valence-corrected chi connectivity index (χ4v) is 2.67. The Morgan fingerprint density at radius 2 is 2.09 bits per heavy atom. The number of aromatic nitrogens is 1. The van der Waals surface area contributed by atoms with Crippen LogP contribution in [0, 0.1) is 18.3 Å². The van der Waals surface area contributed by atoms with E-state index in [4.69, 9.17) is 5.26 Å². The van der Waals surface area contributed by atoms with Crippen LogP contribution < -0.4 is 5.32 Å². The maximum Gasteiger partial charge on any atom is 0.245 e. The Hall–Kier alpha value is -2.87. The van der Waals surface area contributed by atoms with Gasteiger partial charge < -0.3 is 10.2 Å². The minimum Gasteiger partial charge on any atom is -0.358 e. The first-order chi connectivity index (χ1) is 11.2. The summed E-state index contributed by atoms with van der Waals surface area (Å²) in [4.78, 5) is 18.5. The predicted molar refractivity (Wildman–Crippen MR) is 87.6 cm³/mol. The van der Waals surface area contributed by atoms with Gasteiger partial charge in [0.15, 0.2) is 0 Å². The smallest absolute Gasteiger partial charge is 0.245 e. The van der Waals surface area contributed by atoms with Gasteiger partial charge in [0, 0.05) is 19.3 Å². The van der Waals surface area contributed by atoms with Crippen molar-refractivity contribution in [3.63, 3.8) is 0 Å². The number of pyridine rings is 1. The molecular formula is C18H18N4O. The molecule has 1 aliphatic heterocycles. The van der Waals surface area contributed by atoms with Crippen LogP contribution in [0.4, 0.5) is 5.82 Å². The SMILES string of the molecule is Cc1ccc(CN2CCC(Nc3ccc(C#N)cn3)C2=O)cc1. The third-order valence-electron chi connectivity index (χ3n) is 4.01. The number of nitriles is 1. The highest BCUT2D eigenvalue weighted by Crippen LogP contribution is 2.18. The Labute approximate surface area is 135 Å². The van der Waals surface area contributed by atoms with Crippen molar-refractivity contribution in [1.29, 1.82) is 5.26 Å². The van der Waals surface area contributed by atoms with E-state index >= 15 is 0 Å². The van der Waals surface area contributed by atoms with Crippen LogP contribution in [0.2, 0.25) is 0 Å². The number of nitrogens with one attached hydrogen (secondary N) is 1. The summed E-state index contributed by atoms with van der Waals surface area (Å²) in [6, 6.07) is 13.4. The van der Waals surface area contributed by atoms with Crippen molar-refractivity contribution in [2.45, 2.75) is 25.9 Å². The summed E-state index contributed by atoms with van der Waals surface area (Å²) >= 11 is 0. The molecule has 3 rings (SSSR count). The molecule has 0 saturated carbocycles. The van der Waals surface area contributed by atoms with Crippen LogP contribution in [0.25, 0.3) is 0 Å². The monoisotopic (exact) mass is 306 g/mol. The van der Waals surface area contributed by atoms with E-state index < -0.39 is 0 Å². The number of hydrogen-bond acceptors (Lipinski definition) is 4. The van der Waals surface area contributed by atoms with Gasteiger partial charge in [-0.15, -0.1) is 0 Å². The molecule has 0 radical (unpaired) electrons. The van der Waals surface area contributed by atoms with E-state index in [1.807, 2.05) is 11.0 Å². The van der Waals surface area contributed by atoms with Gasteiger partial charge in [-0.05, 0) is 31.0 Å². The number of hydrogen-bond donors (Lipinski definition) is 1. The third kappa shape index (κ3) is 3.49. The molecule has 116 valence electrons. The van der Waals surface area contributed by atoms with E-state index in [0.29, 0.717) is 17.9 Å². The summed E-state index contributed by atoms with van der Waals surface area (Å²) in [5, 5.41) is 11.9. The van der Waals surface area contributed by atoms with Gasteiger partial charge in [-0.2, -0.15) is 5.26 Å². The molecule has 1 atom stereocenters. The average Bonchev–Trinajstić information content (AvgIpc) is 2.91. The quantitative estimate of drug-likeness (QED) is 0.942. The number of nitrogens with zero attached hydrogens (tertiary/aromatic N) is 3. The molecule has 5 nitrogen and oxygen atoms in total. The second-order valence-corrected chi connectivity index (χ2v) is 5.77. The van der Waals surface area contributed by atoms with Gasteiger partial charge in [0.2, 0.25) is 5.91 Å². The highest BCUT2D eigenvalue weighted by molar-refractivity contribution is 5.86. The maximum absolute atomic E-state index is 12.5. The van der Waals surface area contributed by atoms with Gasteiger partial charge in [-0.25, -0.2) is 4.98 Å². The number of rotatable bonds is 4. The van der Waals surface area contributed by atoms with Crippen molar-refractivity contribution in [2.75, 3.05) is 11.9 Å². The zero-order valence-electron chi connectivity index (χ0n) is 13.0. The Morgan fingerprint density at radius 3 is 2.74 bits per heavy atom. The zero-order valence-corrected chi connectivity index (χ0v) is 13.0. The Kier molecular flexibility index (Phi) is 4.24. The van der Waals surface area contributed by atoms with Gasteiger partial charge in [-0.3, -0.25) is 4.79 Å². The molecule has 1 aliphatic rings. The number of anilines is 1. The zero-order chi connectivity index (χ0) is 16.2. The van der Waals surface area contributed by atoms with E-state index in [0.717, 1.165) is 18.5 Å². The van der Waals surface area contributed by atoms with E-state index in [1.165, 1.54) is 11.8 Å². The molecule has 1 unspecified atom stereocenters. The van der Waals surface area contributed by atoms with Crippen LogP contribution in [0.3, 0.4) is 0 Å². The molecular weight excluding hydrogens is 288 g/mol.